The molecule has 0 radical (unpaired) electrons. The molecule has 3 nitrogen and oxygen atoms in total. The number of hydrogen-bond acceptors (Lipinski definition) is 3. The molecule has 0 heterocycles. The van der Waals surface area contributed by atoms with Gasteiger partial charge in [0.1, 0.15) is 5.75 Å². The van der Waals surface area contributed by atoms with E-state index in [1.54, 1.807) is 0 Å². The highest BCUT2D eigenvalue weighted by atomic mass is 35.5. The van der Waals surface area contributed by atoms with Crippen LogP contribution in [0.15, 0.2) is 29.4 Å². The van der Waals surface area contributed by atoms with Gasteiger partial charge in [-0.3, -0.25) is 0 Å². The van der Waals surface area contributed by atoms with Crippen molar-refractivity contribution >= 4 is 16.8 Å². The van der Waals surface area contributed by atoms with Gasteiger partial charge in [0, 0.05) is 5.56 Å². The molecule has 0 atom stereocenters. The largest absolute Gasteiger partial charge is 0.573 e. The van der Waals surface area contributed by atoms with Gasteiger partial charge >= 0.3 is 6.36 Å². The minimum atomic E-state index is -4.76. The van der Waals surface area contributed by atoms with Crippen molar-refractivity contribution in [2.24, 2.45) is 5.16 Å². The third-order valence-electron chi connectivity index (χ3n) is 1.39. The Hall–Kier alpha value is -1.43. The first-order valence-electron chi connectivity index (χ1n) is 3.66. The number of oxime groups is 1. The monoisotopic (exact) mass is 239 g/mol. The van der Waals surface area contributed by atoms with E-state index in [-0.39, 0.29) is 10.7 Å². The lowest BCUT2D eigenvalue weighted by Crippen LogP contribution is -2.17. The maximum atomic E-state index is 11.8. The summed E-state index contributed by atoms with van der Waals surface area (Å²) in [6.07, 6.45) is -4.76. The van der Waals surface area contributed by atoms with Crippen molar-refractivity contribution in [2.45, 2.75) is 6.36 Å². The van der Waals surface area contributed by atoms with Gasteiger partial charge in [0.2, 0.25) is 0 Å². The maximum Gasteiger partial charge on any atom is 0.573 e. The Bertz CT molecular complexity index is 378. The molecule has 0 unspecified atom stereocenters. The second-order valence-electron chi connectivity index (χ2n) is 2.47. The molecule has 0 spiro atoms. The first kappa shape index (κ1) is 11.6. The van der Waals surface area contributed by atoms with Crippen molar-refractivity contribution in [1.29, 1.82) is 0 Å². The van der Waals surface area contributed by atoms with Crippen molar-refractivity contribution in [3.8, 4) is 5.75 Å². The van der Waals surface area contributed by atoms with Crippen LogP contribution in [0.5, 0.6) is 5.75 Å². The van der Waals surface area contributed by atoms with Gasteiger partial charge in [0.15, 0.2) is 5.17 Å². The third kappa shape index (κ3) is 3.67. The van der Waals surface area contributed by atoms with E-state index in [9.17, 15) is 13.2 Å². The molecule has 0 saturated heterocycles. The predicted octanol–water partition coefficient (Wildman–Crippen LogP) is 2.96. The van der Waals surface area contributed by atoms with Gasteiger partial charge in [-0.1, -0.05) is 28.9 Å². The lowest BCUT2D eigenvalue weighted by atomic mass is 10.2. The molecule has 0 aliphatic carbocycles. The van der Waals surface area contributed by atoms with Crippen molar-refractivity contribution in [2.75, 3.05) is 0 Å². The molecule has 82 valence electrons. The van der Waals surface area contributed by atoms with Crippen LogP contribution in [0.4, 0.5) is 13.2 Å². The van der Waals surface area contributed by atoms with Crippen molar-refractivity contribution in [1.82, 2.24) is 0 Å². The zero-order valence-electron chi connectivity index (χ0n) is 7.12. The van der Waals surface area contributed by atoms with Crippen LogP contribution in [0, 0.1) is 0 Å². The minimum Gasteiger partial charge on any atom is -0.410 e. The van der Waals surface area contributed by atoms with E-state index in [0.717, 1.165) is 12.1 Å². The van der Waals surface area contributed by atoms with E-state index in [0.29, 0.717) is 0 Å². The standard InChI is InChI=1S/C8H5ClF3NO2/c9-7(13-14)5-2-1-3-6(4-5)15-8(10,11)12/h1-4,14H/b13-7+. The Morgan fingerprint density at radius 3 is 2.60 bits per heavy atom. The summed E-state index contributed by atoms with van der Waals surface area (Å²) >= 11 is 5.40. The summed E-state index contributed by atoms with van der Waals surface area (Å²) in [5, 5.41) is 10.6. The molecular formula is C8H5ClF3NO2. The van der Waals surface area contributed by atoms with E-state index in [2.05, 4.69) is 9.89 Å². The topological polar surface area (TPSA) is 41.8 Å². The fourth-order valence-electron chi connectivity index (χ4n) is 0.879. The Morgan fingerprint density at radius 1 is 1.40 bits per heavy atom. The average molecular weight is 240 g/mol. The fraction of sp³-hybridized carbons (Fsp3) is 0.125. The number of halogens is 4. The van der Waals surface area contributed by atoms with Gasteiger partial charge in [-0.15, -0.1) is 13.2 Å². The molecule has 7 heteroatoms. The van der Waals surface area contributed by atoms with Crippen LogP contribution in [0.3, 0.4) is 0 Å². The Balaban J connectivity index is 2.93. The smallest absolute Gasteiger partial charge is 0.410 e. The zero-order chi connectivity index (χ0) is 11.5. The van der Waals surface area contributed by atoms with Gasteiger partial charge in [-0.25, -0.2) is 0 Å². The van der Waals surface area contributed by atoms with Crippen LogP contribution in [0.1, 0.15) is 5.56 Å². The highest BCUT2D eigenvalue weighted by molar-refractivity contribution is 6.69. The minimum absolute atomic E-state index is 0.126. The van der Waals surface area contributed by atoms with Gasteiger partial charge in [0.05, 0.1) is 0 Å². The molecule has 1 aromatic rings. The van der Waals surface area contributed by atoms with E-state index >= 15 is 0 Å². The summed E-state index contributed by atoms with van der Waals surface area (Å²) < 4.78 is 39.1. The molecule has 0 saturated carbocycles. The highest BCUT2D eigenvalue weighted by Gasteiger charge is 2.31. The van der Waals surface area contributed by atoms with Crippen LogP contribution < -0.4 is 4.74 Å². The molecule has 1 N–H and O–H groups in total. The Labute approximate surface area is 87.7 Å². The first-order valence-corrected chi connectivity index (χ1v) is 4.04. The molecule has 15 heavy (non-hydrogen) atoms. The molecule has 0 amide bonds. The average Bonchev–Trinajstić information content (AvgIpc) is 2.14. The number of hydrogen-bond donors (Lipinski definition) is 1. The summed E-state index contributed by atoms with van der Waals surface area (Å²) in [6, 6.07) is 4.79. The molecule has 0 bridgehead atoms. The summed E-state index contributed by atoms with van der Waals surface area (Å²) in [5.41, 5.74) is 0.126. The molecule has 1 rings (SSSR count). The Kier molecular flexibility index (Phi) is 3.41. The number of alkyl halides is 3. The number of benzene rings is 1. The lowest BCUT2D eigenvalue weighted by molar-refractivity contribution is -0.274. The highest BCUT2D eigenvalue weighted by Crippen LogP contribution is 2.23. The van der Waals surface area contributed by atoms with Crippen molar-refractivity contribution < 1.29 is 23.1 Å². The number of rotatable bonds is 2. The second kappa shape index (κ2) is 4.39. The quantitative estimate of drug-likeness (QED) is 0.490. The Morgan fingerprint density at radius 2 is 2.07 bits per heavy atom. The third-order valence-corrected chi connectivity index (χ3v) is 1.69. The predicted molar refractivity (Wildman–Crippen MR) is 47.3 cm³/mol. The van der Waals surface area contributed by atoms with Gasteiger partial charge in [-0.05, 0) is 12.1 Å². The van der Waals surface area contributed by atoms with E-state index < -0.39 is 12.1 Å². The van der Waals surface area contributed by atoms with Gasteiger partial charge in [0.25, 0.3) is 0 Å². The molecule has 0 aromatic heterocycles. The van der Waals surface area contributed by atoms with Gasteiger partial charge in [-0.2, -0.15) is 0 Å². The lowest BCUT2D eigenvalue weighted by Gasteiger charge is -2.09. The molecule has 0 fully saturated rings. The summed E-state index contributed by atoms with van der Waals surface area (Å²) in [7, 11) is 0. The van der Waals surface area contributed by atoms with Crippen molar-refractivity contribution in [3.05, 3.63) is 29.8 Å². The van der Waals surface area contributed by atoms with Crippen LogP contribution >= 0.6 is 11.6 Å². The van der Waals surface area contributed by atoms with E-state index in [1.165, 1.54) is 12.1 Å². The van der Waals surface area contributed by atoms with Crippen molar-refractivity contribution in [3.63, 3.8) is 0 Å². The molecule has 0 aliphatic heterocycles. The second-order valence-corrected chi connectivity index (χ2v) is 2.82. The maximum absolute atomic E-state index is 11.8. The SMILES string of the molecule is O/N=C(/Cl)c1cccc(OC(F)(F)F)c1. The van der Waals surface area contributed by atoms with Crippen LogP contribution in [0.2, 0.25) is 0 Å². The van der Waals surface area contributed by atoms with E-state index in [1.807, 2.05) is 0 Å². The zero-order valence-corrected chi connectivity index (χ0v) is 7.88. The van der Waals surface area contributed by atoms with Gasteiger partial charge < -0.3 is 9.94 Å². The normalized spacial score (nSPS) is 12.7. The summed E-state index contributed by atoms with van der Waals surface area (Å²) in [6.45, 7) is 0. The fourth-order valence-corrected chi connectivity index (χ4v) is 0.997. The summed E-state index contributed by atoms with van der Waals surface area (Å²) in [5.74, 6) is -0.429. The first-order chi connectivity index (χ1) is 6.92. The molecule has 0 aliphatic rings. The molecular weight excluding hydrogens is 235 g/mol. The summed E-state index contributed by atoms with van der Waals surface area (Å²) in [4.78, 5) is 0. The number of ether oxygens (including phenoxy) is 1. The molecule has 1 aromatic carbocycles. The van der Waals surface area contributed by atoms with Crippen LogP contribution in [-0.4, -0.2) is 16.7 Å². The van der Waals surface area contributed by atoms with Crippen LogP contribution in [0.25, 0.3) is 0 Å². The number of nitrogens with zero attached hydrogens (tertiary/aromatic N) is 1. The van der Waals surface area contributed by atoms with E-state index in [4.69, 9.17) is 16.8 Å². The van der Waals surface area contributed by atoms with Crippen LogP contribution in [-0.2, 0) is 0 Å².